The van der Waals surface area contributed by atoms with Gasteiger partial charge in [0.1, 0.15) is 0 Å². The van der Waals surface area contributed by atoms with Crippen LogP contribution in [0.3, 0.4) is 0 Å². The van der Waals surface area contributed by atoms with E-state index in [1.54, 1.807) is 0 Å². The number of carboxylic acid groups (broad SMARTS) is 1. The van der Waals surface area contributed by atoms with Crippen LogP contribution in [0.5, 0.6) is 0 Å². The first-order chi connectivity index (χ1) is 32.9. The van der Waals surface area contributed by atoms with Crippen molar-refractivity contribution in [1.29, 1.82) is 0 Å². The fraction of sp³-hybridized carbons (Fsp3) is 0.962. The summed E-state index contributed by atoms with van der Waals surface area (Å²) in [5.74, 6) is -233. The number of hydrogen-bond acceptors (Lipinski definition) is 1. The van der Waals surface area contributed by atoms with Gasteiger partial charge in [0.05, 0.1) is 0 Å². The molecule has 0 aromatic rings. The van der Waals surface area contributed by atoms with Crippen LogP contribution < -0.4 is 0 Å². The SMILES string of the molecule is O=C(O)C(C(F)(F)C(F)(F)F)(C(F)(F)C(F)(F)C(F)(F)C(F)(F)C(F)(F)C(F)(F)C(F)(F)C(F)(F)F)C(F)(F)C(F)(F)C(F)(F)C(F)(F)C(F)(F)C(F)(F)C(F)(F)C(F)(F)C(F)(F)C(F)(F)C(F)(F)C(F)(F)C(F)(F)C(F)(F)F. The second-order valence-corrected chi connectivity index (χ2v) is 14.6. The maximum atomic E-state index is 15.2. The van der Waals surface area contributed by atoms with Crippen molar-refractivity contribution in [3.05, 3.63) is 0 Å². The third-order valence-electron chi connectivity index (χ3n) is 9.90. The lowest BCUT2D eigenvalue weighted by Gasteiger charge is -2.52. The largest absolute Gasteiger partial charge is 0.480 e. The summed E-state index contributed by atoms with van der Waals surface area (Å²) in [5, 5.41) is 8.42. The molecule has 0 aliphatic carbocycles. The lowest BCUT2D eigenvalue weighted by atomic mass is 9.63. The molecule has 0 bridgehead atoms. The van der Waals surface area contributed by atoms with Crippen molar-refractivity contribution < 1.29 is 234 Å². The van der Waals surface area contributed by atoms with E-state index in [0.717, 1.165) is 0 Å². The summed E-state index contributed by atoms with van der Waals surface area (Å²) < 4.78 is 706. The van der Waals surface area contributed by atoms with Gasteiger partial charge in [-0.15, -0.1) is 0 Å². The van der Waals surface area contributed by atoms with Gasteiger partial charge in [-0.3, -0.25) is 4.79 Å². The Morgan fingerprint density at radius 3 is 0.329 bits per heavy atom. The molecule has 0 rings (SSSR count). The van der Waals surface area contributed by atoms with Gasteiger partial charge in [-0.1, -0.05) is 0 Å². The van der Waals surface area contributed by atoms with Crippen LogP contribution in [0.1, 0.15) is 0 Å². The summed E-state index contributed by atoms with van der Waals surface area (Å²) in [5.41, 5.74) is -11.4. The van der Waals surface area contributed by atoms with E-state index in [2.05, 4.69) is 0 Å². The van der Waals surface area contributed by atoms with Crippen molar-refractivity contribution >= 4 is 5.97 Å². The van der Waals surface area contributed by atoms with E-state index < -0.39 is 154 Å². The molecule has 474 valence electrons. The molecule has 1 N–H and O–H groups in total. The van der Waals surface area contributed by atoms with Gasteiger partial charge in [0.15, 0.2) is 0 Å². The van der Waals surface area contributed by atoms with E-state index in [1.807, 2.05) is 0 Å². The smallest absolute Gasteiger partial charge is 0.460 e. The van der Waals surface area contributed by atoms with Gasteiger partial charge in [-0.05, 0) is 0 Å². The van der Waals surface area contributed by atoms with Gasteiger partial charge in [0, 0.05) is 0 Å². The highest BCUT2D eigenvalue weighted by molar-refractivity contribution is 5.80. The highest BCUT2D eigenvalue weighted by Gasteiger charge is 3.07. The highest BCUT2D eigenvalue weighted by Crippen LogP contribution is 2.76. The number of aliphatic carboxylic acids is 1. The van der Waals surface area contributed by atoms with Gasteiger partial charge < -0.3 is 5.11 Å². The van der Waals surface area contributed by atoms with Crippen LogP contribution >= 0.6 is 0 Å². The van der Waals surface area contributed by atoms with Crippen LogP contribution in [0.4, 0.5) is 224 Å². The first kappa shape index (κ1) is 74.9. The normalized spacial score (nSPS) is 18.0. The zero-order valence-corrected chi connectivity index (χ0v) is 33.1. The van der Waals surface area contributed by atoms with Crippen molar-refractivity contribution in [2.45, 2.75) is 143 Å². The molecule has 0 fully saturated rings. The second-order valence-electron chi connectivity index (χ2n) is 14.6. The Labute approximate surface area is 389 Å². The molecule has 0 saturated heterocycles. The van der Waals surface area contributed by atoms with Gasteiger partial charge in [0.25, 0.3) is 5.41 Å². The molecule has 0 aromatic heterocycles. The Morgan fingerprint density at radius 1 is 0.152 bits per heavy atom. The Morgan fingerprint density at radius 2 is 0.241 bits per heavy atom. The summed E-state index contributed by atoms with van der Waals surface area (Å²) in [6, 6.07) is 0. The Balaban J connectivity index is 9.17. The van der Waals surface area contributed by atoms with Gasteiger partial charge in [-0.2, -0.15) is 224 Å². The summed E-state index contributed by atoms with van der Waals surface area (Å²) in [4.78, 5) is 11.3. The second kappa shape index (κ2) is 17.7. The lowest BCUT2D eigenvalue weighted by Crippen LogP contribution is -2.85. The minimum absolute atomic E-state index is 7.30. The van der Waals surface area contributed by atoms with Gasteiger partial charge in [-0.25, -0.2) is 0 Å². The molecule has 0 heterocycles. The van der Waals surface area contributed by atoms with E-state index >= 15 is 17.6 Å². The predicted molar refractivity (Wildman–Crippen MR) is 132 cm³/mol. The van der Waals surface area contributed by atoms with E-state index in [4.69, 9.17) is 5.11 Å². The number of carboxylic acids is 1. The summed E-state index contributed by atoms with van der Waals surface area (Å²) in [6.45, 7) is 0. The van der Waals surface area contributed by atoms with Gasteiger partial charge >= 0.3 is 149 Å². The van der Waals surface area contributed by atoms with Crippen LogP contribution in [0.15, 0.2) is 0 Å². The van der Waals surface area contributed by atoms with Crippen LogP contribution in [0.25, 0.3) is 0 Å². The van der Waals surface area contributed by atoms with Crippen molar-refractivity contribution in [1.82, 2.24) is 0 Å². The number of hydrogen-bond donors (Lipinski definition) is 1. The number of carbonyl (C=O) groups is 1. The standard InChI is InChI=1S/C26HF51O2/c27-3(28,2(1(78)79,5(31,32)24(69,70)71)4(29,30)7(35,36)9(39,40)11(43,44)18(57,58)20(61,62)22(65,66)25(72,73)74)6(33,34)8(37,38)10(41,42)12(45,46)13(47,48)14(49,50)15(51,52)16(53,54)17(55,56)19(59,60)21(63,64)23(67,68)26(75,76)77/h(H,78,79). The molecular formula is C26HF51O2. The number of halogens is 51. The molecular weight excluding hydrogens is 1310 g/mol. The van der Waals surface area contributed by atoms with E-state index in [0.29, 0.717) is 0 Å². The Kier molecular flexibility index (Phi) is 16.8. The molecule has 1 unspecified atom stereocenters. The molecule has 0 amide bonds. The summed E-state index contributed by atoms with van der Waals surface area (Å²) >= 11 is 0. The average Bonchev–Trinajstić information content (AvgIpc) is 3.17. The first-order valence-electron chi connectivity index (χ1n) is 16.3. The number of rotatable bonds is 22. The van der Waals surface area contributed by atoms with Crippen molar-refractivity contribution in [3.63, 3.8) is 0 Å². The molecule has 0 aliphatic heterocycles. The van der Waals surface area contributed by atoms with Crippen molar-refractivity contribution in [2.24, 2.45) is 5.41 Å². The fourth-order valence-electron chi connectivity index (χ4n) is 5.19. The average molecular weight is 1310 g/mol. The van der Waals surface area contributed by atoms with E-state index in [1.165, 1.54) is 0 Å². The van der Waals surface area contributed by atoms with Crippen LogP contribution in [-0.2, 0) is 4.79 Å². The predicted octanol–water partition coefficient (Wildman–Crippen LogP) is 16.1. The monoisotopic (exact) mass is 1310 g/mol. The van der Waals surface area contributed by atoms with E-state index in [9.17, 15) is 211 Å². The topological polar surface area (TPSA) is 37.3 Å². The first-order valence-corrected chi connectivity index (χ1v) is 16.3. The fourth-order valence-corrected chi connectivity index (χ4v) is 5.19. The molecule has 2 nitrogen and oxygen atoms in total. The molecule has 79 heavy (non-hydrogen) atoms. The molecule has 53 heteroatoms. The molecule has 0 aliphatic rings. The molecule has 0 radical (unpaired) electrons. The molecule has 1 atom stereocenters. The molecule has 0 saturated carbocycles. The maximum Gasteiger partial charge on any atom is 0.460 e. The summed E-state index contributed by atoms with van der Waals surface area (Å²) in [7, 11) is 0. The van der Waals surface area contributed by atoms with E-state index in [-0.39, 0.29) is 0 Å². The van der Waals surface area contributed by atoms with Crippen LogP contribution in [0, 0.1) is 5.41 Å². The maximum absolute atomic E-state index is 15.2. The quantitative estimate of drug-likeness (QED) is 0.110. The zero-order valence-electron chi connectivity index (χ0n) is 33.1. The van der Waals surface area contributed by atoms with Crippen molar-refractivity contribution in [2.75, 3.05) is 0 Å². The Hall–Kier alpha value is -4.10. The highest BCUT2D eigenvalue weighted by atomic mass is 19.5. The molecule has 0 aromatic carbocycles. The lowest BCUT2D eigenvalue weighted by molar-refractivity contribution is -0.503. The number of alkyl halides is 51. The van der Waals surface area contributed by atoms with Crippen LogP contribution in [0.2, 0.25) is 0 Å². The molecule has 0 spiro atoms. The minimum atomic E-state index is -11.7. The Bertz CT molecular complexity index is 2240. The third-order valence-corrected chi connectivity index (χ3v) is 9.90. The van der Waals surface area contributed by atoms with Crippen LogP contribution in [-0.4, -0.2) is 154 Å². The zero-order chi connectivity index (χ0) is 66.1. The minimum Gasteiger partial charge on any atom is -0.480 e. The van der Waals surface area contributed by atoms with Crippen molar-refractivity contribution in [3.8, 4) is 0 Å². The van der Waals surface area contributed by atoms with Gasteiger partial charge in [0.2, 0.25) is 0 Å². The third kappa shape index (κ3) is 8.05. The summed E-state index contributed by atoms with van der Waals surface area (Å²) in [6.07, 6.45) is -27.5.